The molecule has 0 aliphatic carbocycles. The molecule has 0 aromatic heterocycles. The average molecular weight is 350 g/mol. The van der Waals surface area contributed by atoms with Crippen LogP contribution in [0.4, 0.5) is 0 Å². The van der Waals surface area contributed by atoms with Crippen LogP contribution in [0.2, 0.25) is 0 Å². The van der Waals surface area contributed by atoms with Crippen LogP contribution in [0, 0.1) is 0 Å². The van der Waals surface area contributed by atoms with Gasteiger partial charge in [-0.15, -0.1) is 0 Å². The van der Waals surface area contributed by atoms with Crippen LogP contribution in [0.5, 0.6) is 0 Å². The fraction of sp³-hybridized carbons (Fsp3) is 0.364. The van der Waals surface area contributed by atoms with E-state index < -0.39 is 0 Å². The van der Waals surface area contributed by atoms with Crippen molar-refractivity contribution in [1.29, 1.82) is 0 Å². The van der Waals surface area contributed by atoms with E-state index in [1.807, 2.05) is 6.07 Å². The van der Waals surface area contributed by atoms with Gasteiger partial charge in [-0.3, -0.25) is 9.59 Å². The molecule has 3 rings (SSSR count). The first-order valence-electron chi connectivity index (χ1n) is 9.14. The standard InChI is InChI=1S/C22H26N2O2/c1-17(25)19-10-6-7-11-20(19)21(26)23-16-22(12-14-24(2)15-13-22)18-8-4-3-5-9-18/h3-11H,12-16H2,1-2H3,(H,23,26). The summed E-state index contributed by atoms with van der Waals surface area (Å²) in [6.07, 6.45) is 2.00. The number of nitrogens with zero attached hydrogens (tertiary/aromatic N) is 1. The van der Waals surface area contributed by atoms with E-state index in [2.05, 4.69) is 41.5 Å². The van der Waals surface area contributed by atoms with Gasteiger partial charge in [-0.2, -0.15) is 0 Å². The van der Waals surface area contributed by atoms with Gasteiger partial charge in [0.2, 0.25) is 0 Å². The first kappa shape index (κ1) is 18.3. The molecule has 0 bridgehead atoms. The van der Waals surface area contributed by atoms with Crippen LogP contribution >= 0.6 is 0 Å². The van der Waals surface area contributed by atoms with Crippen molar-refractivity contribution in [2.24, 2.45) is 0 Å². The highest BCUT2D eigenvalue weighted by molar-refractivity contribution is 6.07. The summed E-state index contributed by atoms with van der Waals surface area (Å²) in [4.78, 5) is 26.9. The molecule has 1 amide bonds. The summed E-state index contributed by atoms with van der Waals surface area (Å²) in [6, 6.07) is 17.5. The number of Topliss-reactive ketones (excluding diaryl/α,β-unsaturated/α-hetero) is 1. The Bertz CT molecular complexity index is 778. The second kappa shape index (κ2) is 7.83. The molecule has 0 spiro atoms. The smallest absolute Gasteiger partial charge is 0.252 e. The molecule has 1 N–H and O–H groups in total. The summed E-state index contributed by atoms with van der Waals surface area (Å²) in [5.74, 6) is -0.266. The maximum Gasteiger partial charge on any atom is 0.252 e. The summed E-state index contributed by atoms with van der Waals surface area (Å²) in [5.41, 5.74) is 2.14. The molecule has 1 fully saturated rings. The van der Waals surface area contributed by atoms with Crippen molar-refractivity contribution in [3.63, 3.8) is 0 Å². The Morgan fingerprint density at radius 1 is 0.962 bits per heavy atom. The second-order valence-electron chi connectivity index (χ2n) is 7.23. The maximum atomic E-state index is 12.8. The van der Waals surface area contributed by atoms with Gasteiger partial charge < -0.3 is 10.2 Å². The van der Waals surface area contributed by atoms with Crippen molar-refractivity contribution in [2.45, 2.75) is 25.2 Å². The van der Waals surface area contributed by atoms with Crippen molar-refractivity contribution >= 4 is 11.7 Å². The molecule has 1 aliphatic rings. The fourth-order valence-corrected chi connectivity index (χ4v) is 3.74. The van der Waals surface area contributed by atoms with Crippen LogP contribution in [-0.2, 0) is 5.41 Å². The Kier molecular flexibility index (Phi) is 5.52. The Balaban J connectivity index is 1.81. The molecule has 1 saturated heterocycles. The number of carbonyl (C=O) groups excluding carboxylic acids is 2. The van der Waals surface area contributed by atoms with E-state index in [0.29, 0.717) is 17.7 Å². The normalized spacial score (nSPS) is 16.8. The van der Waals surface area contributed by atoms with E-state index in [1.165, 1.54) is 12.5 Å². The zero-order valence-electron chi connectivity index (χ0n) is 15.5. The van der Waals surface area contributed by atoms with Crippen molar-refractivity contribution < 1.29 is 9.59 Å². The second-order valence-corrected chi connectivity index (χ2v) is 7.23. The third-order valence-electron chi connectivity index (χ3n) is 5.47. The van der Waals surface area contributed by atoms with Crippen molar-refractivity contribution in [2.75, 3.05) is 26.7 Å². The SMILES string of the molecule is CC(=O)c1ccccc1C(=O)NCC1(c2ccccc2)CCN(C)CC1. The molecule has 136 valence electrons. The van der Waals surface area contributed by atoms with Gasteiger partial charge in [0.1, 0.15) is 0 Å². The van der Waals surface area contributed by atoms with Crippen LogP contribution in [-0.4, -0.2) is 43.3 Å². The van der Waals surface area contributed by atoms with Gasteiger partial charge in [0.05, 0.1) is 5.56 Å². The third kappa shape index (κ3) is 3.86. The number of hydrogen-bond donors (Lipinski definition) is 1. The largest absolute Gasteiger partial charge is 0.351 e. The highest BCUT2D eigenvalue weighted by Gasteiger charge is 2.35. The summed E-state index contributed by atoms with van der Waals surface area (Å²) >= 11 is 0. The number of benzene rings is 2. The number of piperidine rings is 1. The minimum atomic E-state index is -0.176. The molecular formula is C22H26N2O2. The monoisotopic (exact) mass is 350 g/mol. The third-order valence-corrected chi connectivity index (χ3v) is 5.47. The quantitative estimate of drug-likeness (QED) is 0.842. The zero-order valence-corrected chi connectivity index (χ0v) is 15.5. The molecule has 1 heterocycles. The Labute approximate surface area is 155 Å². The Hall–Kier alpha value is -2.46. The van der Waals surface area contributed by atoms with Gasteiger partial charge in [0.15, 0.2) is 5.78 Å². The minimum Gasteiger partial charge on any atom is -0.351 e. The van der Waals surface area contributed by atoms with Crippen LogP contribution in [0.3, 0.4) is 0 Å². The molecule has 1 aliphatic heterocycles. The predicted molar refractivity (Wildman–Crippen MR) is 104 cm³/mol. The van der Waals surface area contributed by atoms with Crippen LogP contribution in [0.1, 0.15) is 46.0 Å². The molecule has 0 radical (unpaired) electrons. The van der Waals surface area contributed by atoms with Crippen LogP contribution < -0.4 is 5.32 Å². The van der Waals surface area contributed by atoms with Gasteiger partial charge in [0.25, 0.3) is 5.91 Å². The van der Waals surface area contributed by atoms with Crippen LogP contribution in [0.25, 0.3) is 0 Å². The summed E-state index contributed by atoms with van der Waals surface area (Å²) in [7, 11) is 2.14. The van der Waals surface area contributed by atoms with E-state index >= 15 is 0 Å². The lowest BCUT2D eigenvalue weighted by Gasteiger charge is -2.41. The van der Waals surface area contributed by atoms with Gasteiger partial charge in [-0.1, -0.05) is 48.5 Å². The summed E-state index contributed by atoms with van der Waals surface area (Å²) in [6.45, 7) is 4.09. The topological polar surface area (TPSA) is 49.4 Å². The number of carbonyl (C=O) groups is 2. The zero-order chi connectivity index (χ0) is 18.6. The molecular weight excluding hydrogens is 324 g/mol. The molecule has 26 heavy (non-hydrogen) atoms. The van der Waals surface area contributed by atoms with E-state index in [-0.39, 0.29) is 17.1 Å². The Morgan fingerprint density at radius 3 is 2.15 bits per heavy atom. The molecule has 0 unspecified atom stereocenters. The minimum absolute atomic E-state index is 0.0609. The fourth-order valence-electron chi connectivity index (χ4n) is 3.74. The first-order valence-corrected chi connectivity index (χ1v) is 9.14. The van der Waals surface area contributed by atoms with Crippen molar-refractivity contribution in [3.05, 3.63) is 71.3 Å². The number of amides is 1. The average Bonchev–Trinajstić information content (AvgIpc) is 2.68. The molecule has 4 nitrogen and oxygen atoms in total. The predicted octanol–water partition coefficient (Wildman–Crippen LogP) is 3.28. The lowest BCUT2D eigenvalue weighted by Crippen LogP contribution is -2.48. The molecule has 0 saturated carbocycles. The van der Waals surface area contributed by atoms with E-state index in [1.54, 1.807) is 24.3 Å². The first-order chi connectivity index (χ1) is 12.5. The molecule has 0 atom stereocenters. The summed E-state index contributed by atoms with van der Waals surface area (Å²) < 4.78 is 0. The van der Waals surface area contributed by atoms with Gasteiger partial charge in [0, 0.05) is 17.5 Å². The molecule has 2 aromatic carbocycles. The molecule has 4 heteroatoms. The van der Waals surface area contributed by atoms with Gasteiger partial charge in [-0.05, 0) is 51.5 Å². The lowest BCUT2D eigenvalue weighted by atomic mass is 9.72. The van der Waals surface area contributed by atoms with Crippen molar-refractivity contribution in [1.82, 2.24) is 10.2 Å². The Morgan fingerprint density at radius 2 is 1.54 bits per heavy atom. The van der Waals surface area contributed by atoms with E-state index in [9.17, 15) is 9.59 Å². The molecule has 2 aromatic rings. The van der Waals surface area contributed by atoms with E-state index in [0.717, 1.165) is 25.9 Å². The number of rotatable bonds is 5. The number of likely N-dealkylation sites (tertiary alicyclic amines) is 1. The van der Waals surface area contributed by atoms with E-state index in [4.69, 9.17) is 0 Å². The van der Waals surface area contributed by atoms with Gasteiger partial charge >= 0.3 is 0 Å². The highest BCUT2D eigenvalue weighted by Crippen LogP contribution is 2.34. The maximum absolute atomic E-state index is 12.8. The van der Waals surface area contributed by atoms with Crippen LogP contribution in [0.15, 0.2) is 54.6 Å². The number of ketones is 1. The number of hydrogen-bond acceptors (Lipinski definition) is 3. The highest BCUT2D eigenvalue weighted by atomic mass is 16.2. The summed E-state index contributed by atoms with van der Waals surface area (Å²) in [5, 5.41) is 3.11. The van der Waals surface area contributed by atoms with Gasteiger partial charge in [-0.25, -0.2) is 0 Å². The lowest BCUT2D eigenvalue weighted by molar-refractivity contribution is 0.0916. The van der Waals surface area contributed by atoms with Crippen molar-refractivity contribution in [3.8, 4) is 0 Å². The number of nitrogens with one attached hydrogen (secondary N) is 1.